The third-order valence-corrected chi connectivity index (χ3v) is 3.71. The summed E-state index contributed by atoms with van der Waals surface area (Å²) in [6, 6.07) is 9.61. The number of carbonyl (C=O) groups excluding carboxylic acids is 1. The molecule has 3 nitrogen and oxygen atoms in total. The van der Waals surface area contributed by atoms with Crippen molar-refractivity contribution in [1.82, 2.24) is 5.43 Å². The van der Waals surface area contributed by atoms with E-state index in [-0.39, 0.29) is 5.91 Å². The summed E-state index contributed by atoms with van der Waals surface area (Å²) in [6.07, 6.45) is 4.22. The van der Waals surface area contributed by atoms with Gasteiger partial charge in [0.05, 0.1) is 6.42 Å². The lowest BCUT2D eigenvalue weighted by atomic mass is 10.1. The van der Waals surface area contributed by atoms with E-state index < -0.39 is 0 Å². The van der Waals surface area contributed by atoms with Crippen molar-refractivity contribution in [2.75, 3.05) is 12.5 Å². The van der Waals surface area contributed by atoms with Gasteiger partial charge in [0, 0.05) is 0 Å². The van der Waals surface area contributed by atoms with E-state index in [2.05, 4.69) is 10.5 Å². The fourth-order valence-electron chi connectivity index (χ4n) is 1.10. The molecule has 1 aromatic carbocycles. The summed E-state index contributed by atoms with van der Waals surface area (Å²) in [7, 11) is 0. The van der Waals surface area contributed by atoms with Crippen molar-refractivity contribution >= 4 is 33.8 Å². The molecule has 1 N–H and O–H groups in total. The van der Waals surface area contributed by atoms with Gasteiger partial charge in [-0.05, 0) is 18.1 Å². The summed E-state index contributed by atoms with van der Waals surface area (Å²) in [4.78, 5) is 11.5. The number of thioether (sulfide) groups is 2. The van der Waals surface area contributed by atoms with Gasteiger partial charge in [0.15, 0.2) is 0 Å². The molecular formula is C11H14N2OS2. The average Bonchev–Trinajstić information content (AvgIpc) is 2.31. The fraction of sp³-hybridized carbons (Fsp3) is 0.273. The number of amides is 1. The van der Waals surface area contributed by atoms with Gasteiger partial charge in [-0.3, -0.25) is 4.79 Å². The molecule has 0 bridgehead atoms. The van der Waals surface area contributed by atoms with E-state index in [4.69, 9.17) is 0 Å². The van der Waals surface area contributed by atoms with Crippen molar-refractivity contribution < 1.29 is 4.79 Å². The van der Waals surface area contributed by atoms with Gasteiger partial charge in [-0.2, -0.15) is 5.10 Å². The molecule has 5 heteroatoms. The molecule has 0 radical (unpaired) electrons. The summed E-state index contributed by atoms with van der Waals surface area (Å²) in [5, 5.41) is 4.00. The molecule has 1 rings (SSSR count). The van der Waals surface area contributed by atoms with Gasteiger partial charge in [-0.25, -0.2) is 5.43 Å². The minimum atomic E-state index is -0.0909. The van der Waals surface area contributed by atoms with Gasteiger partial charge < -0.3 is 0 Å². The summed E-state index contributed by atoms with van der Waals surface area (Å²) in [5.41, 5.74) is 3.53. The highest BCUT2D eigenvalue weighted by Crippen LogP contribution is 2.09. The largest absolute Gasteiger partial charge is 0.273 e. The van der Waals surface area contributed by atoms with Gasteiger partial charge >= 0.3 is 0 Å². The molecule has 0 spiro atoms. The van der Waals surface area contributed by atoms with Gasteiger partial charge in [0.1, 0.15) is 4.38 Å². The molecule has 1 aromatic rings. The van der Waals surface area contributed by atoms with E-state index in [9.17, 15) is 4.79 Å². The molecule has 0 aliphatic rings. The first-order valence-corrected chi connectivity index (χ1v) is 7.19. The first-order chi connectivity index (χ1) is 7.76. The van der Waals surface area contributed by atoms with Crippen LogP contribution in [0.1, 0.15) is 5.56 Å². The highest BCUT2D eigenvalue weighted by Gasteiger charge is 2.02. The number of hydrogen-bond acceptors (Lipinski definition) is 4. The Morgan fingerprint density at radius 3 is 2.44 bits per heavy atom. The minimum absolute atomic E-state index is 0.0909. The summed E-state index contributed by atoms with van der Waals surface area (Å²) < 4.78 is 0.849. The normalized spacial score (nSPS) is 9.62. The van der Waals surface area contributed by atoms with E-state index in [0.29, 0.717) is 6.42 Å². The van der Waals surface area contributed by atoms with Crippen LogP contribution >= 0.6 is 23.5 Å². The molecule has 0 heterocycles. The summed E-state index contributed by atoms with van der Waals surface area (Å²) in [5.74, 6) is -0.0909. The molecule has 0 unspecified atom stereocenters. The van der Waals surface area contributed by atoms with Crippen LogP contribution in [0.15, 0.2) is 35.4 Å². The number of nitrogens with zero attached hydrogens (tertiary/aromatic N) is 1. The molecule has 16 heavy (non-hydrogen) atoms. The van der Waals surface area contributed by atoms with Crippen LogP contribution in [0.2, 0.25) is 0 Å². The second-order valence-electron chi connectivity index (χ2n) is 2.98. The third-order valence-electron chi connectivity index (χ3n) is 1.83. The lowest BCUT2D eigenvalue weighted by Gasteiger charge is -2.01. The van der Waals surface area contributed by atoms with E-state index in [1.807, 2.05) is 42.8 Å². The van der Waals surface area contributed by atoms with Crippen LogP contribution in [-0.2, 0) is 11.2 Å². The predicted molar refractivity (Wildman–Crippen MR) is 72.8 cm³/mol. The standard InChI is InChI=1S/C11H14N2OS2/c1-15-11(16-2)13-12-10(14)8-9-6-4-3-5-7-9/h3-7H,8H2,1-2H3,(H,12,14). The molecule has 0 saturated heterocycles. The fourth-order valence-corrected chi connectivity index (χ4v) is 2.04. The molecular weight excluding hydrogens is 240 g/mol. The van der Waals surface area contributed by atoms with Crippen molar-refractivity contribution in [3.8, 4) is 0 Å². The number of hydrazone groups is 1. The SMILES string of the molecule is CSC(=NNC(=O)Cc1ccccc1)SC. The quantitative estimate of drug-likeness (QED) is 0.511. The molecule has 0 aliphatic carbocycles. The number of hydrogen-bond donors (Lipinski definition) is 1. The van der Waals surface area contributed by atoms with Crippen LogP contribution in [0.5, 0.6) is 0 Å². The number of carbonyl (C=O) groups is 1. The lowest BCUT2D eigenvalue weighted by Crippen LogP contribution is -2.20. The van der Waals surface area contributed by atoms with Crippen molar-refractivity contribution in [2.45, 2.75) is 6.42 Å². The topological polar surface area (TPSA) is 41.5 Å². The van der Waals surface area contributed by atoms with Crippen LogP contribution in [0.4, 0.5) is 0 Å². The number of benzene rings is 1. The second kappa shape index (κ2) is 7.35. The molecule has 0 aromatic heterocycles. The Hall–Kier alpha value is -0.940. The first kappa shape index (κ1) is 13.1. The van der Waals surface area contributed by atoms with E-state index in [1.54, 1.807) is 0 Å². The molecule has 0 saturated carbocycles. The van der Waals surface area contributed by atoms with Crippen molar-refractivity contribution in [3.63, 3.8) is 0 Å². The van der Waals surface area contributed by atoms with Crippen LogP contribution in [0.25, 0.3) is 0 Å². The Bertz CT molecular complexity index is 360. The predicted octanol–water partition coefficient (Wildman–Crippen LogP) is 2.34. The maximum atomic E-state index is 11.5. The zero-order valence-electron chi connectivity index (χ0n) is 9.27. The molecule has 0 fully saturated rings. The Kier molecular flexibility index (Phi) is 6.03. The van der Waals surface area contributed by atoms with Crippen LogP contribution < -0.4 is 5.43 Å². The van der Waals surface area contributed by atoms with Crippen LogP contribution in [0, 0.1) is 0 Å². The van der Waals surface area contributed by atoms with Gasteiger partial charge in [0.2, 0.25) is 5.91 Å². The van der Waals surface area contributed by atoms with Crippen LogP contribution in [-0.4, -0.2) is 22.8 Å². The Balaban J connectivity index is 2.45. The smallest absolute Gasteiger partial charge is 0.244 e. The maximum absolute atomic E-state index is 11.5. The second-order valence-corrected chi connectivity index (χ2v) is 4.83. The molecule has 86 valence electrons. The Morgan fingerprint density at radius 1 is 1.25 bits per heavy atom. The number of nitrogens with one attached hydrogen (secondary N) is 1. The zero-order valence-corrected chi connectivity index (χ0v) is 10.9. The maximum Gasteiger partial charge on any atom is 0.244 e. The van der Waals surface area contributed by atoms with E-state index >= 15 is 0 Å². The van der Waals surface area contributed by atoms with Crippen LogP contribution in [0.3, 0.4) is 0 Å². The Labute approximate surface area is 104 Å². The highest BCUT2D eigenvalue weighted by atomic mass is 32.2. The van der Waals surface area contributed by atoms with E-state index in [0.717, 1.165) is 9.94 Å². The minimum Gasteiger partial charge on any atom is -0.273 e. The lowest BCUT2D eigenvalue weighted by molar-refractivity contribution is -0.120. The first-order valence-electron chi connectivity index (χ1n) is 4.74. The molecule has 0 aliphatic heterocycles. The average molecular weight is 254 g/mol. The molecule has 0 atom stereocenters. The van der Waals surface area contributed by atoms with Gasteiger partial charge in [0.25, 0.3) is 0 Å². The highest BCUT2D eigenvalue weighted by molar-refractivity contribution is 8.38. The van der Waals surface area contributed by atoms with Crippen molar-refractivity contribution in [1.29, 1.82) is 0 Å². The third kappa shape index (κ3) is 4.72. The van der Waals surface area contributed by atoms with Crippen molar-refractivity contribution in [3.05, 3.63) is 35.9 Å². The Morgan fingerprint density at radius 2 is 1.88 bits per heavy atom. The van der Waals surface area contributed by atoms with E-state index in [1.165, 1.54) is 23.5 Å². The monoisotopic (exact) mass is 254 g/mol. The summed E-state index contributed by atoms with van der Waals surface area (Å²) in [6.45, 7) is 0. The van der Waals surface area contributed by atoms with Gasteiger partial charge in [-0.1, -0.05) is 30.3 Å². The molecule has 1 amide bonds. The number of rotatable bonds is 3. The summed E-state index contributed by atoms with van der Waals surface area (Å²) >= 11 is 3.03. The zero-order chi connectivity index (χ0) is 11.8. The van der Waals surface area contributed by atoms with Crippen molar-refractivity contribution in [2.24, 2.45) is 5.10 Å². The van der Waals surface area contributed by atoms with Gasteiger partial charge in [-0.15, -0.1) is 23.5 Å².